The normalized spacial score (nSPS) is 11.5. The van der Waals surface area contributed by atoms with Crippen molar-refractivity contribution in [2.75, 3.05) is 0 Å². The molecule has 4 aromatic carbocycles. The molecule has 1 nitrogen and oxygen atoms in total. The van der Waals surface area contributed by atoms with Crippen molar-refractivity contribution in [2.24, 2.45) is 0 Å². The van der Waals surface area contributed by atoms with Gasteiger partial charge in [0, 0.05) is 15.2 Å². The Kier molecular flexibility index (Phi) is 3.00. The topological polar surface area (TPSA) is 13.1 Å². The Morgan fingerprint density at radius 3 is 2.29 bits per heavy atom. The third-order valence-corrected chi connectivity index (χ3v) is 4.97. The predicted molar refractivity (Wildman–Crippen MR) is 104 cm³/mol. The van der Waals surface area contributed by atoms with Crippen LogP contribution in [-0.2, 0) is 0 Å². The summed E-state index contributed by atoms with van der Waals surface area (Å²) < 4.78 is 7.04. The molecule has 0 saturated heterocycles. The minimum absolute atomic E-state index is 0.930. The summed E-state index contributed by atoms with van der Waals surface area (Å²) in [5.74, 6) is 0. The van der Waals surface area contributed by atoms with Gasteiger partial charge in [-0.25, -0.2) is 0 Å². The molecule has 114 valence electrons. The van der Waals surface area contributed by atoms with Crippen LogP contribution in [0.2, 0.25) is 0 Å². The van der Waals surface area contributed by atoms with Gasteiger partial charge < -0.3 is 4.42 Å². The van der Waals surface area contributed by atoms with E-state index in [4.69, 9.17) is 4.42 Å². The van der Waals surface area contributed by atoms with Crippen molar-refractivity contribution in [2.45, 2.75) is 0 Å². The Morgan fingerprint density at radius 2 is 1.38 bits per heavy atom. The molecule has 24 heavy (non-hydrogen) atoms. The lowest BCUT2D eigenvalue weighted by Gasteiger charge is -2.08. The lowest BCUT2D eigenvalue weighted by molar-refractivity contribution is 0.669. The molecule has 0 bridgehead atoms. The number of benzene rings is 4. The average molecular weight is 373 g/mol. The van der Waals surface area contributed by atoms with Gasteiger partial charge >= 0.3 is 0 Å². The van der Waals surface area contributed by atoms with E-state index in [0.717, 1.165) is 26.4 Å². The fraction of sp³-hybridized carbons (Fsp3) is 0. The largest absolute Gasteiger partial charge is 0.456 e. The summed E-state index contributed by atoms with van der Waals surface area (Å²) in [6, 6.07) is 27.5. The maximum absolute atomic E-state index is 5.95. The Bertz CT molecular complexity index is 1220. The Hall–Kier alpha value is -2.58. The summed E-state index contributed by atoms with van der Waals surface area (Å²) in [5, 5.41) is 4.81. The molecule has 5 rings (SSSR count). The number of para-hydroxylation sites is 1. The Balaban J connectivity index is 1.85. The summed E-state index contributed by atoms with van der Waals surface area (Å²) in [7, 11) is 0. The van der Waals surface area contributed by atoms with Gasteiger partial charge in [-0.15, -0.1) is 0 Å². The Labute approximate surface area is 147 Å². The minimum Gasteiger partial charge on any atom is -0.456 e. The summed E-state index contributed by atoms with van der Waals surface area (Å²) in [6.07, 6.45) is 0. The number of fused-ring (bicyclic) bond motifs is 4. The summed E-state index contributed by atoms with van der Waals surface area (Å²) >= 11 is 3.64. The van der Waals surface area contributed by atoms with Crippen LogP contribution in [0.3, 0.4) is 0 Å². The SMILES string of the molecule is Brc1cc(-c2ccc3oc4ccccc4c3c2)c2ccccc2c1. The van der Waals surface area contributed by atoms with Gasteiger partial charge in [0.2, 0.25) is 0 Å². The molecule has 5 aromatic rings. The lowest BCUT2D eigenvalue weighted by Crippen LogP contribution is -1.82. The van der Waals surface area contributed by atoms with Gasteiger partial charge in [0.1, 0.15) is 11.2 Å². The zero-order valence-electron chi connectivity index (χ0n) is 12.8. The fourth-order valence-corrected chi connectivity index (χ4v) is 3.88. The molecular formula is C22H13BrO. The van der Waals surface area contributed by atoms with Crippen molar-refractivity contribution in [3.8, 4) is 11.1 Å². The van der Waals surface area contributed by atoms with Gasteiger partial charge in [0.05, 0.1) is 0 Å². The molecule has 0 unspecified atom stereocenters. The van der Waals surface area contributed by atoms with Gasteiger partial charge in [0.25, 0.3) is 0 Å². The van der Waals surface area contributed by atoms with E-state index in [9.17, 15) is 0 Å². The molecular weight excluding hydrogens is 360 g/mol. The molecule has 1 aromatic heterocycles. The van der Waals surface area contributed by atoms with E-state index in [-0.39, 0.29) is 0 Å². The van der Waals surface area contributed by atoms with Crippen LogP contribution in [0.1, 0.15) is 0 Å². The van der Waals surface area contributed by atoms with Crippen LogP contribution in [0, 0.1) is 0 Å². The van der Waals surface area contributed by atoms with E-state index in [0.29, 0.717) is 0 Å². The summed E-state index contributed by atoms with van der Waals surface area (Å²) in [6.45, 7) is 0. The second kappa shape index (κ2) is 5.22. The standard InChI is InChI=1S/C22H13BrO/c23-16-11-14-5-1-2-6-17(14)19(13-16)15-9-10-22-20(12-15)18-7-3-4-8-21(18)24-22/h1-13H. The van der Waals surface area contributed by atoms with Crippen LogP contribution < -0.4 is 0 Å². The van der Waals surface area contributed by atoms with Crippen molar-refractivity contribution in [3.05, 3.63) is 83.3 Å². The zero-order valence-corrected chi connectivity index (χ0v) is 14.4. The smallest absolute Gasteiger partial charge is 0.135 e. The molecule has 0 N–H and O–H groups in total. The van der Waals surface area contributed by atoms with Crippen LogP contribution in [0.25, 0.3) is 43.8 Å². The van der Waals surface area contributed by atoms with Gasteiger partial charge in [0.15, 0.2) is 0 Å². The van der Waals surface area contributed by atoms with Crippen LogP contribution in [0.4, 0.5) is 0 Å². The summed E-state index contributed by atoms with van der Waals surface area (Å²) in [4.78, 5) is 0. The van der Waals surface area contributed by atoms with E-state index < -0.39 is 0 Å². The van der Waals surface area contributed by atoms with E-state index in [1.54, 1.807) is 0 Å². The molecule has 0 aliphatic rings. The molecule has 0 atom stereocenters. The van der Waals surface area contributed by atoms with Crippen molar-refractivity contribution in [1.29, 1.82) is 0 Å². The number of furan rings is 1. The van der Waals surface area contributed by atoms with E-state index >= 15 is 0 Å². The van der Waals surface area contributed by atoms with Crippen molar-refractivity contribution in [1.82, 2.24) is 0 Å². The fourth-order valence-electron chi connectivity index (χ4n) is 3.41. The molecule has 2 heteroatoms. The molecule has 0 spiro atoms. The molecule has 0 radical (unpaired) electrons. The lowest BCUT2D eigenvalue weighted by atomic mass is 9.97. The van der Waals surface area contributed by atoms with Gasteiger partial charge in [-0.3, -0.25) is 0 Å². The van der Waals surface area contributed by atoms with Gasteiger partial charge in [-0.05, 0) is 52.2 Å². The van der Waals surface area contributed by atoms with Crippen LogP contribution >= 0.6 is 15.9 Å². The van der Waals surface area contributed by atoms with Crippen molar-refractivity contribution in [3.63, 3.8) is 0 Å². The third-order valence-electron chi connectivity index (χ3n) is 4.51. The molecule has 0 saturated carbocycles. The quantitative estimate of drug-likeness (QED) is 0.304. The second-order valence-corrected chi connectivity index (χ2v) is 6.90. The maximum atomic E-state index is 5.95. The highest BCUT2D eigenvalue weighted by atomic mass is 79.9. The first-order valence-corrected chi connectivity index (χ1v) is 8.69. The molecule has 0 aliphatic heterocycles. The zero-order chi connectivity index (χ0) is 16.1. The maximum Gasteiger partial charge on any atom is 0.135 e. The molecule has 0 fully saturated rings. The number of hydrogen-bond donors (Lipinski definition) is 0. The monoisotopic (exact) mass is 372 g/mol. The van der Waals surface area contributed by atoms with E-state index in [2.05, 4.69) is 82.7 Å². The van der Waals surface area contributed by atoms with Crippen LogP contribution in [0.15, 0.2) is 87.8 Å². The first-order valence-electron chi connectivity index (χ1n) is 7.89. The van der Waals surface area contributed by atoms with Crippen molar-refractivity contribution < 1.29 is 4.42 Å². The van der Waals surface area contributed by atoms with E-state index in [1.165, 1.54) is 21.9 Å². The average Bonchev–Trinajstić information content (AvgIpc) is 2.99. The first kappa shape index (κ1) is 13.8. The molecule has 0 amide bonds. The number of halogens is 1. The number of rotatable bonds is 1. The molecule has 0 aliphatic carbocycles. The third kappa shape index (κ3) is 2.07. The van der Waals surface area contributed by atoms with Gasteiger partial charge in [-0.2, -0.15) is 0 Å². The van der Waals surface area contributed by atoms with Crippen LogP contribution in [0.5, 0.6) is 0 Å². The highest BCUT2D eigenvalue weighted by Crippen LogP contribution is 2.36. The Morgan fingerprint density at radius 1 is 0.625 bits per heavy atom. The highest BCUT2D eigenvalue weighted by molar-refractivity contribution is 9.10. The number of hydrogen-bond acceptors (Lipinski definition) is 1. The highest BCUT2D eigenvalue weighted by Gasteiger charge is 2.10. The predicted octanol–water partition coefficient (Wildman–Crippen LogP) is 7.17. The van der Waals surface area contributed by atoms with Gasteiger partial charge in [-0.1, -0.05) is 64.5 Å². The second-order valence-electron chi connectivity index (χ2n) is 5.98. The van der Waals surface area contributed by atoms with E-state index in [1.807, 2.05) is 12.1 Å². The van der Waals surface area contributed by atoms with Crippen LogP contribution in [-0.4, -0.2) is 0 Å². The van der Waals surface area contributed by atoms with Crippen molar-refractivity contribution >= 4 is 48.6 Å². The first-order chi connectivity index (χ1) is 11.8. The minimum atomic E-state index is 0.930. The molecule has 1 heterocycles. The summed E-state index contributed by atoms with van der Waals surface area (Å²) in [5.41, 5.74) is 4.29.